The SMILES string of the molecule is CCCCCCCCCCCCCCCCOP(=O)(O)OCCC[n+]1ccccc1. The number of pyridine rings is 1. The highest BCUT2D eigenvalue weighted by atomic mass is 31.2. The fraction of sp³-hybridized carbons (Fsp3) is 0.792. The predicted molar refractivity (Wildman–Crippen MR) is 123 cm³/mol. The van der Waals surface area contributed by atoms with Crippen LogP contribution in [0.1, 0.15) is 103 Å². The summed E-state index contributed by atoms with van der Waals surface area (Å²) >= 11 is 0. The molecule has 6 heteroatoms. The summed E-state index contributed by atoms with van der Waals surface area (Å²) in [5.41, 5.74) is 0. The lowest BCUT2D eigenvalue weighted by Gasteiger charge is -2.11. The minimum atomic E-state index is -3.91. The first kappa shape index (κ1) is 27.3. The molecule has 1 N–H and O–H groups in total. The fourth-order valence-corrected chi connectivity index (χ4v) is 4.32. The van der Waals surface area contributed by atoms with Gasteiger partial charge in [-0.2, -0.15) is 0 Å². The number of phosphoric ester groups is 1. The first-order valence-corrected chi connectivity index (χ1v) is 13.7. The number of hydrogen-bond acceptors (Lipinski definition) is 3. The zero-order chi connectivity index (χ0) is 21.8. The van der Waals surface area contributed by atoms with Crippen molar-refractivity contribution >= 4 is 7.82 Å². The van der Waals surface area contributed by atoms with E-state index in [0.717, 1.165) is 19.4 Å². The van der Waals surface area contributed by atoms with Crippen molar-refractivity contribution in [2.75, 3.05) is 13.2 Å². The van der Waals surface area contributed by atoms with Gasteiger partial charge in [0.2, 0.25) is 0 Å². The highest BCUT2D eigenvalue weighted by Crippen LogP contribution is 2.43. The van der Waals surface area contributed by atoms with Crippen molar-refractivity contribution in [2.45, 2.75) is 110 Å². The van der Waals surface area contributed by atoms with E-state index in [2.05, 4.69) is 6.92 Å². The van der Waals surface area contributed by atoms with E-state index in [0.29, 0.717) is 13.0 Å². The standard InChI is InChI=1S/C24H44NO4P/c1-2-3-4-5-6-7-8-9-10-11-12-13-14-18-23-28-30(26,27)29-24-19-22-25-20-16-15-17-21-25/h15-17,20-21H,2-14,18-19,22-24H2,1H3/p+1. The van der Waals surface area contributed by atoms with Gasteiger partial charge < -0.3 is 4.89 Å². The normalized spacial score (nSPS) is 13.4. The third kappa shape index (κ3) is 17.0. The van der Waals surface area contributed by atoms with Gasteiger partial charge in [-0.05, 0) is 6.42 Å². The smallest absolute Gasteiger partial charge is 0.302 e. The minimum Gasteiger partial charge on any atom is -0.302 e. The average molecular weight is 443 g/mol. The molecule has 0 saturated heterocycles. The molecule has 30 heavy (non-hydrogen) atoms. The molecule has 0 aromatic carbocycles. The van der Waals surface area contributed by atoms with Gasteiger partial charge in [-0.3, -0.25) is 9.05 Å². The lowest BCUT2D eigenvalue weighted by molar-refractivity contribution is -0.697. The molecule has 1 heterocycles. The summed E-state index contributed by atoms with van der Waals surface area (Å²) in [5.74, 6) is 0. The quantitative estimate of drug-likeness (QED) is 0.127. The largest absolute Gasteiger partial charge is 0.472 e. The number of unbranched alkanes of at least 4 members (excludes halogenated alkanes) is 13. The van der Waals surface area contributed by atoms with Gasteiger partial charge in [-0.15, -0.1) is 0 Å². The van der Waals surface area contributed by atoms with Crippen LogP contribution in [-0.2, 0) is 20.2 Å². The first-order valence-electron chi connectivity index (χ1n) is 12.2. The van der Waals surface area contributed by atoms with Crippen molar-refractivity contribution in [1.82, 2.24) is 0 Å². The maximum atomic E-state index is 11.9. The van der Waals surface area contributed by atoms with Crippen molar-refractivity contribution in [2.24, 2.45) is 0 Å². The Morgan fingerprint density at radius 2 is 1.10 bits per heavy atom. The van der Waals surface area contributed by atoms with Crippen LogP contribution in [0.2, 0.25) is 0 Å². The van der Waals surface area contributed by atoms with Crippen LogP contribution >= 0.6 is 7.82 Å². The predicted octanol–water partition coefficient (Wildman–Crippen LogP) is 6.98. The van der Waals surface area contributed by atoms with E-state index in [1.807, 2.05) is 35.2 Å². The summed E-state index contributed by atoms with van der Waals surface area (Å²) in [7, 11) is -3.91. The van der Waals surface area contributed by atoms with E-state index in [1.165, 1.54) is 77.0 Å². The van der Waals surface area contributed by atoms with E-state index in [4.69, 9.17) is 9.05 Å². The van der Waals surface area contributed by atoms with Gasteiger partial charge >= 0.3 is 7.82 Å². The van der Waals surface area contributed by atoms with Gasteiger partial charge in [0.25, 0.3) is 0 Å². The molecule has 0 spiro atoms. The van der Waals surface area contributed by atoms with E-state index < -0.39 is 7.82 Å². The van der Waals surface area contributed by atoms with Crippen molar-refractivity contribution in [1.29, 1.82) is 0 Å². The Hall–Kier alpha value is -0.740. The van der Waals surface area contributed by atoms with E-state index in [-0.39, 0.29) is 6.61 Å². The van der Waals surface area contributed by atoms with Crippen molar-refractivity contribution in [3.63, 3.8) is 0 Å². The number of hydrogen-bond donors (Lipinski definition) is 1. The Morgan fingerprint density at radius 1 is 0.667 bits per heavy atom. The molecule has 1 unspecified atom stereocenters. The summed E-state index contributed by atoms with van der Waals surface area (Å²) in [6.07, 6.45) is 22.6. The van der Waals surface area contributed by atoms with E-state index in [1.54, 1.807) is 0 Å². The Morgan fingerprint density at radius 3 is 1.60 bits per heavy atom. The van der Waals surface area contributed by atoms with Gasteiger partial charge in [0.1, 0.15) is 0 Å². The van der Waals surface area contributed by atoms with Crippen molar-refractivity contribution in [3.05, 3.63) is 30.6 Å². The Balaban J connectivity index is 1.83. The fourth-order valence-electron chi connectivity index (χ4n) is 3.52. The van der Waals surface area contributed by atoms with E-state index in [9.17, 15) is 9.46 Å². The molecule has 1 atom stereocenters. The average Bonchev–Trinajstić information content (AvgIpc) is 2.75. The molecule has 0 aliphatic heterocycles. The lowest BCUT2D eigenvalue weighted by atomic mass is 10.0. The van der Waals surface area contributed by atoms with Gasteiger partial charge in [0.15, 0.2) is 18.9 Å². The Kier molecular flexibility index (Phi) is 17.3. The molecule has 0 fully saturated rings. The molecule has 1 rings (SSSR count). The van der Waals surface area contributed by atoms with Crippen LogP contribution < -0.4 is 4.57 Å². The molecule has 0 aliphatic carbocycles. The van der Waals surface area contributed by atoms with Crippen LogP contribution in [0, 0.1) is 0 Å². The van der Waals surface area contributed by atoms with Crippen LogP contribution in [0.15, 0.2) is 30.6 Å². The van der Waals surface area contributed by atoms with Crippen LogP contribution in [0.25, 0.3) is 0 Å². The van der Waals surface area contributed by atoms with Crippen molar-refractivity contribution in [3.8, 4) is 0 Å². The molecule has 0 bridgehead atoms. The zero-order valence-corrected chi connectivity index (χ0v) is 20.1. The molecule has 5 nitrogen and oxygen atoms in total. The second kappa shape index (κ2) is 19.0. The summed E-state index contributed by atoms with van der Waals surface area (Å²) in [6, 6.07) is 5.87. The van der Waals surface area contributed by atoms with Crippen LogP contribution in [0.5, 0.6) is 0 Å². The van der Waals surface area contributed by atoms with Gasteiger partial charge in [0.05, 0.1) is 13.2 Å². The number of rotatable bonds is 21. The number of aromatic nitrogens is 1. The highest BCUT2D eigenvalue weighted by Gasteiger charge is 2.20. The third-order valence-corrected chi connectivity index (χ3v) is 6.36. The van der Waals surface area contributed by atoms with Crippen LogP contribution in [-0.4, -0.2) is 18.1 Å². The molecule has 174 valence electrons. The summed E-state index contributed by atoms with van der Waals surface area (Å²) in [6.45, 7) is 3.52. The lowest BCUT2D eigenvalue weighted by Crippen LogP contribution is -2.32. The molecule has 1 aromatic rings. The minimum absolute atomic E-state index is 0.217. The van der Waals surface area contributed by atoms with Crippen LogP contribution in [0.3, 0.4) is 0 Å². The number of nitrogens with zero attached hydrogens (tertiary/aromatic N) is 1. The Bertz CT molecular complexity index is 541. The summed E-state index contributed by atoms with van der Waals surface area (Å²) < 4.78 is 24.0. The zero-order valence-electron chi connectivity index (χ0n) is 19.2. The molecule has 0 amide bonds. The number of aryl methyl sites for hydroxylation is 1. The second-order valence-corrected chi connectivity index (χ2v) is 9.65. The monoisotopic (exact) mass is 442 g/mol. The topological polar surface area (TPSA) is 59.6 Å². The molecule has 0 aliphatic rings. The first-order chi connectivity index (χ1) is 14.6. The van der Waals surface area contributed by atoms with Gasteiger partial charge in [0, 0.05) is 18.6 Å². The highest BCUT2D eigenvalue weighted by molar-refractivity contribution is 7.47. The maximum absolute atomic E-state index is 11.9. The van der Waals surface area contributed by atoms with Crippen LogP contribution in [0.4, 0.5) is 0 Å². The summed E-state index contributed by atoms with van der Waals surface area (Å²) in [4.78, 5) is 9.72. The van der Waals surface area contributed by atoms with Gasteiger partial charge in [-0.25, -0.2) is 9.13 Å². The second-order valence-electron chi connectivity index (χ2n) is 8.20. The van der Waals surface area contributed by atoms with Crippen molar-refractivity contribution < 1.29 is 23.1 Å². The number of phosphoric acid groups is 1. The summed E-state index contributed by atoms with van der Waals surface area (Å²) in [5, 5.41) is 0. The van der Waals surface area contributed by atoms with Gasteiger partial charge in [-0.1, -0.05) is 96.5 Å². The third-order valence-electron chi connectivity index (χ3n) is 5.34. The molecular formula is C24H45NO4P+. The Labute approximate surface area is 184 Å². The molecular weight excluding hydrogens is 397 g/mol. The maximum Gasteiger partial charge on any atom is 0.472 e. The molecule has 0 radical (unpaired) electrons. The molecule has 1 aromatic heterocycles. The molecule has 0 saturated carbocycles. The van der Waals surface area contributed by atoms with E-state index >= 15 is 0 Å².